The summed E-state index contributed by atoms with van der Waals surface area (Å²) in [6, 6.07) is 7.38. The highest BCUT2D eigenvalue weighted by Gasteiger charge is 2.57. The summed E-state index contributed by atoms with van der Waals surface area (Å²) in [6.45, 7) is 1.30. The Kier molecular flexibility index (Phi) is 4.57. The normalized spacial score (nSPS) is 21.4. The first-order valence-electron chi connectivity index (χ1n) is 8.39. The predicted molar refractivity (Wildman–Crippen MR) is 90.8 cm³/mol. The highest BCUT2D eigenvalue weighted by Crippen LogP contribution is 2.49. The lowest BCUT2D eigenvalue weighted by atomic mass is 9.69. The van der Waals surface area contributed by atoms with Gasteiger partial charge in [-0.05, 0) is 31.4 Å². The van der Waals surface area contributed by atoms with Gasteiger partial charge in [0.25, 0.3) is 0 Å². The average Bonchev–Trinajstić information content (AvgIpc) is 3.17. The molecule has 1 aliphatic carbocycles. The van der Waals surface area contributed by atoms with Crippen LogP contribution in [0.4, 0.5) is 0 Å². The van der Waals surface area contributed by atoms with Crippen molar-refractivity contribution in [3.63, 3.8) is 0 Å². The molecule has 0 radical (unpaired) electrons. The Morgan fingerprint density at radius 2 is 2.20 bits per heavy atom. The number of ketones is 1. The van der Waals surface area contributed by atoms with Crippen LogP contribution in [-0.2, 0) is 14.3 Å². The number of carbonyl (C=O) groups excluding carboxylic acids is 2. The SMILES string of the molecule is CCOC(=O)C1(C(C[N+](=O)[O-])c2c[nH]c3ccccc23)CCCC1=O. The number of nitrogens with zero attached hydrogens (tertiary/aromatic N) is 1. The summed E-state index contributed by atoms with van der Waals surface area (Å²) in [6.07, 6.45) is 2.73. The van der Waals surface area contributed by atoms with Crippen molar-refractivity contribution in [2.45, 2.75) is 32.1 Å². The number of Topliss-reactive ketones (excluding diaryl/α,β-unsaturated/α-hetero) is 1. The van der Waals surface area contributed by atoms with Crippen LogP contribution in [0.15, 0.2) is 30.5 Å². The van der Waals surface area contributed by atoms with E-state index in [1.807, 2.05) is 24.3 Å². The third-order valence-corrected chi connectivity index (χ3v) is 5.04. The fourth-order valence-electron chi connectivity index (χ4n) is 3.93. The molecular weight excluding hydrogens is 324 g/mol. The van der Waals surface area contributed by atoms with E-state index < -0.39 is 28.8 Å². The van der Waals surface area contributed by atoms with Gasteiger partial charge >= 0.3 is 5.97 Å². The van der Waals surface area contributed by atoms with Crippen molar-refractivity contribution in [2.75, 3.05) is 13.2 Å². The first-order valence-corrected chi connectivity index (χ1v) is 8.39. The summed E-state index contributed by atoms with van der Waals surface area (Å²) in [5.74, 6) is -1.76. The summed E-state index contributed by atoms with van der Waals surface area (Å²) < 4.78 is 5.18. The maximum Gasteiger partial charge on any atom is 0.320 e. The van der Waals surface area contributed by atoms with Gasteiger partial charge in [0.2, 0.25) is 6.54 Å². The second-order valence-corrected chi connectivity index (χ2v) is 6.33. The predicted octanol–water partition coefficient (Wildman–Crippen LogP) is 2.83. The van der Waals surface area contributed by atoms with Crippen LogP contribution in [0.1, 0.15) is 37.7 Å². The number of H-pyrrole nitrogens is 1. The molecule has 0 bridgehead atoms. The van der Waals surface area contributed by atoms with Gasteiger partial charge in [-0.1, -0.05) is 18.2 Å². The standard InChI is InChI=1S/C18H20N2O5/c1-2-25-17(22)18(9-5-8-16(18)21)14(11-20(23)24)13-10-19-15-7-4-3-6-12(13)15/h3-4,6-7,10,14,19H,2,5,8-9,11H2,1H3. The van der Waals surface area contributed by atoms with Crippen LogP contribution in [0, 0.1) is 15.5 Å². The van der Waals surface area contributed by atoms with Crippen molar-refractivity contribution >= 4 is 22.7 Å². The molecule has 0 saturated heterocycles. The van der Waals surface area contributed by atoms with Crippen LogP contribution in [0.25, 0.3) is 10.9 Å². The van der Waals surface area contributed by atoms with E-state index in [1.54, 1.807) is 13.1 Å². The molecule has 0 aliphatic heterocycles. The van der Waals surface area contributed by atoms with E-state index in [4.69, 9.17) is 4.74 Å². The molecule has 0 amide bonds. The van der Waals surface area contributed by atoms with Gasteiger partial charge in [0.05, 0.1) is 12.5 Å². The zero-order valence-corrected chi connectivity index (χ0v) is 14.0. The Labute approximate surface area is 144 Å². The van der Waals surface area contributed by atoms with E-state index in [2.05, 4.69) is 4.98 Å². The molecule has 1 aromatic heterocycles. The molecule has 0 spiro atoms. The number of hydrogen-bond donors (Lipinski definition) is 1. The van der Waals surface area contributed by atoms with Crippen molar-refractivity contribution in [1.82, 2.24) is 4.98 Å². The monoisotopic (exact) mass is 344 g/mol. The Morgan fingerprint density at radius 3 is 2.84 bits per heavy atom. The van der Waals surface area contributed by atoms with Gasteiger partial charge in [-0.15, -0.1) is 0 Å². The van der Waals surface area contributed by atoms with Crippen LogP contribution in [-0.4, -0.2) is 34.8 Å². The fourth-order valence-corrected chi connectivity index (χ4v) is 3.93. The van der Waals surface area contributed by atoms with Gasteiger partial charge in [-0.3, -0.25) is 19.7 Å². The van der Waals surface area contributed by atoms with E-state index in [0.717, 1.165) is 10.9 Å². The minimum atomic E-state index is -1.48. The highest BCUT2D eigenvalue weighted by molar-refractivity contribution is 6.07. The quantitative estimate of drug-likeness (QED) is 0.376. The Morgan fingerprint density at radius 1 is 1.44 bits per heavy atom. The maximum atomic E-state index is 12.8. The van der Waals surface area contributed by atoms with E-state index in [9.17, 15) is 19.7 Å². The third kappa shape index (κ3) is 2.79. The van der Waals surface area contributed by atoms with Crippen LogP contribution >= 0.6 is 0 Å². The van der Waals surface area contributed by atoms with Gasteiger partial charge < -0.3 is 9.72 Å². The summed E-state index contributed by atoms with van der Waals surface area (Å²) in [5.41, 5.74) is -0.0421. The Bertz CT molecular complexity index is 828. The van der Waals surface area contributed by atoms with Gasteiger partial charge in [0, 0.05) is 28.4 Å². The molecule has 1 aromatic carbocycles. The number of fused-ring (bicyclic) bond motifs is 1. The molecule has 2 atom stereocenters. The molecule has 3 rings (SSSR count). The lowest BCUT2D eigenvalue weighted by molar-refractivity contribution is -0.485. The number of hydrogen-bond acceptors (Lipinski definition) is 5. The Balaban J connectivity index is 2.18. The van der Waals surface area contributed by atoms with Crippen molar-refractivity contribution in [1.29, 1.82) is 0 Å². The number of carbonyl (C=O) groups is 2. The molecule has 1 heterocycles. The fraction of sp³-hybridized carbons (Fsp3) is 0.444. The van der Waals surface area contributed by atoms with Crippen LogP contribution in [0.5, 0.6) is 0 Å². The van der Waals surface area contributed by atoms with Crippen molar-refractivity contribution in [3.8, 4) is 0 Å². The van der Waals surface area contributed by atoms with Gasteiger partial charge in [-0.25, -0.2) is 0 Å². The van der Waals surface area contributed by atoms with E-state index in [-0.39, 0.29) is 25.2 Å². The van der Waals surface area contributed by atoms with Gasteiger partial charge in [0.1, 0.15) is 5.41 Å². The number of rotatable bonds is 6. The minimum absolute atomic E-state index is 0.132. The molecule has 1 N–H and O–H groups in total. The van der Waals surface area contributed by atoms with Crippen molar-refractivity contribution < 1.29 is 19.2 Å². The molecule has 7 heteroatoms. The molecule has 1 aliphatic rings. The number of nitrogens with one attached hydrogen (secondary N) is 1. The number of aromatic amines is 1. The van der Waals surface area contributed by atoms with E-state index in [1.165, 1.54) is 0 Å². The maximum absolute atomic E-state index is 12.8. The number of esters is 1. The van der Waals surface area contributed by atoms with Crippen molar-refractivity contribution in [3.05, 3.63) is 46.1 Å². The van der Waals surface area contributed by atoms with Crippen LogP contribution in [0.3, 0.4) is 0 Å². The number of para-hydroxylation sites is 1. The second kappa shape index (κ2) is 6.66. The minimum Gasteiger partial charge on any atom is -0.465 e. The zero-order chi connectivity index (χ0) is 18.0. The van der Waals surface area contributed by atoms with E-state index >= 15 is 0 Å². The van der Waals surface area contributed by atoms with E-state index in [0.29, 0.717) is 12.0 Å². The molecule has 132 valence electrons. The molecule has 1 fully saturated rings. The summed E-state index contributed by atoms with van der Waals surface area (Å²) >= 11 is 0. The van der Waals surface area contributed by atoms with Gasteiger partial charge in [-0.2, -0.15) is 0 Å². The third-order valence-electron chi connectivity index (χ3n) is 5.04. The summed E-state index contributed by atoms with van der Waals surface area (Å²) in [7, 11) is 0. The first-order chi connectivity index (χ1) is 12.0. The Hall–Kier alpha value is -2.70. The summed E-state index contributed by atoms with van der Waals surface area (Å²) in [4.78, 5) is 39.5. The molecular formula is C18H20N2O5. The lowest BCUT2D eigenvalue weighted by Gasteiger charge is -2.31. The number of benzene rings is 1. The molecule has 2 unspecified atom stereocenters. The topological polar surface area (TPSA) is 102 Å². The van der Waals surface area contributed by atoms with Crippen LogP contribution in [0.2, 0.25) is 0 Å². The summed E-state index contributed by atoms with van der Waals surface area (Å²) in [5, 5.41) is 12.1. The lowest BCUT2D eigenvalue weighted by Crippen LogP contribution is -2.44. The first kappa shape index (κ1) is 17.1. The molecule has 1 saturated carbocycles. The van der Waals surface area contributed by atoms with Crippen molar-refractivity contribution in [2.24, 2.45) is 5.41 Å². The zero-order valence-electron chi connectivity index (χ0n) is 14.0. The highest BCUT2D eigenvalue weighted by atomic mass is 16.6. The number of nitro groups is 1. The smallest absolute Gasteiger partial charge is 0.320 e. The molecule has 2 aromatic rings. The second-order valence-electron chi connectivity index (χ2n) is 6.33. The largest absolute Gasteiger partial charge is 0.465 e. The number of aromatic nitrogens is 1. The molecule has 7 nitrogen and oxygen atoms in total. The van der Waals surface area contributed by atoms with Crippen LogP contribution < -0.4 is 0 Å². The van der Waals surface area contributed by atoms with Gasteiger partial charge in [0.15, 0.2) is 5.78 Å². The number of ether oxygens (including phenoxy) is 1. The average molecular weight is 344 g/mol. The molecule has 25 heavy (non-hydrogen) atoms.